The van der Waals surface area contributed by atoms with Gasteiger partial charge in [0.15, 0.2) is 0 Å². The molecule has 146 valence electrons. The van der Waals surface area contributed by atoms with Gasteiger partial charge in [0.25, 0.3) is 5.56 Å². The number of aromatic nitrogens is 2. The zero-order valence-corrected chi connectivity index (χ0v) is 16.5. The van der Waals surface area contributed by atoms with Crippen molar-refractivity contribution >= 4 is 11.8 Å². The molecule has 0 radical (unpaired) electrons. The first-order chi connectivity index (χ1) is 14.2. The first-order valence-corrected chi connectivity index (χ1v) is 10.2. The lowest BCUT2D eigenvalue weighted by Crippen LogP contribution is -2.20. The number of ether oxygens (including phenoxy) is 1. The maximum absolute atomic E-state index is 12.8. The topological polar surface area (TPSA) is 56.4 Å². The number of nitrogens with zero attached hydrogens (tertiary/aromatic N) is 2. The molecule has 4 rings (SSSR count). The highest BCUT2D eigenvalue weighted by molar-refractivity contribution is 7.99. The Hall–Kier alpha value is -3.38. The Morgan fingerprint density at radius 3 is 2.00 bits per heavy atom. The second kappa shape index (κ2) is 8.75. The van der Waals surface area contributed by atoms with E-state index in [2.05, 4.69) is 0 Å². The Balaban J connectivity index is 1.58. The third-order valence-electron chi connectivity index (χ3n) is 4.30. The standard InChI is InChI=1S/C23H20N2O3S/c26-20-11-13-21(14-12-20)29-16-15-28-23-17-22(27)24(18-7-3-1-4-8-18)25(23)19-9-5-2-6-10-19/h1-14,17,26H,15-16H2. The van der Waals surface area contributed by atoms with Gasteiger partial charge in [-0.25, -0.2) is 9.36 Å². The zero-order chi connectivity index (χ0) is 20.1. The molecular formula is C23H20N2O3S. The molecule has 5 nitrogen and oxygen atoms in total. The number of aromatic hydroxyl groups is 1. The van der Waals surface area contributed by atoms with Crippen LogP contribution in [0, 0.1) is 0 Å². The fourth-order valence-corrected chi connectivity index (χ4v) is 3.73. The summed E-state index contributed by atoms with van der Waals surface area (Å²) in [7, 11) is 0. The lowest BCUT2D eigenvalue weighted by Gasteiger charge is -2.15. The van der Waals surface area contributed by atoms with Gasteiger partial charge in [0.1, 0.15) is 5.75 Å². The minimum Gasteiger partial charge on any atom is -0.508 e. The molecule has 1 aromatic heterocycles. The van der Waals surface area contributed by atoms with E-state index in [1.54, 1.807) is 33.3 Å². The Labute approximate surface area is 172 Å². The molecule has 0 aliphatic carbocycles. The number of rotatable bonds is 7. The van der Waals surface area contributed by atoms with Crippen LogP contribution in [0.25, 0.3) is 11.4 Å². The lowest BCUT2D eigenvalue weighted by atomic mass is 10.3. The fourth-order valence-electron chi connectivity index (χ4n) is 3.00. The quantitative estimate of drug-likeness (QED) is 0.364. The van der Waals surface area contributed by atoms with Crippen LogP contribution >= 0.6 is 11.8 Å². The van der Waals surface area contributed by atoms with E-state index in [0.717, 1.165) is 16.3 Å². The molecule has 29 heavy (non-hydrogen) atoms. The van der Waals surface area contributed by atoms with Gasteiger partial charge < -0.3 is 9.84 Å². The van der Waals surface area contributed by atoms with E-state index in [4.69, 9.17) is 4.74 Å². The molecule has 0 fully saturated rings. The molecule has 0 saturated carbocycles. The van der Waals surface area contributed by atoms with Crippen molar-refractivity contribution in [3.8, 4) is 23.0 Å². The molecule has 0 spiro atoms. The van der Waals surface area contributed by atoms with Crippen molar-refractivity contribution < 1.29 is 9.84 Å². The van der Waals surface area contributed by atoms with Crippen molar-refractivity contribution in [1.29, 1.82) is 0 Å². The average molecular weight is 404 g/mol. The second-order valence-electron chi connectivity index (χ2n) is 6.31. The van der Waals surface area contributed by atoms with Crippen molar-refractivity contribution in [3.05, 3.63) is 101 Å². The number of phenols is 1. The van der Waals surface area contributed by atoms with E-state index >= 15 is 0 Å². The van der Waals surface area contributed by atoms with Crippen LogP contribution in [0.15, 0.2) is 101 Å². The van der Waals surface area contributed by atoms with Crippen LogP contribution in [0.3, 0.4) is 0 Å². The summed E-state index contributed by atoms with van der Waals surface area (Å²) in [5, 5.41) is 9.37. The van der Waals surface area contributed by atoms with E-state index in [1.165, 1.54) is 6.07 Å². The smallest absolute Gasteiger partial charge is 0.275 e. The molecular weight excluding hydrogens is 384 g/mol. The van der Waals surface area contributed by atoms with Crippen LogP contribution in [-0.4, -0.2) is 26.8 Å². The lowest BCUT2D eigenvalue weighted by molar-refractivity contribution is 0.316. The number of phenolic OH excluding ortho intramolecular Hbond substituents is 1. The highest BCUT2D eigenvalue weighted by Gasteiger charge is 2.15. The van der Waals surface area contributed by atoms with Gasteiger partial charge in [0.2, 0.25) is 5.88 Å². The normalized spacial score (nSPS) is 10.8. The summed E-state index contributed by atoms with van der Waals surface area (Å²) >= 11 is 1.63. The summed E-state index contributed by atoms with van der Waals surface area (Å²) in [6.07, 6.45) is 0. The molecule has 6 heteroatoms. The van der Waals surface area contributed by atoms with Gasteiger partial charge in [-0.15, -0.1) is 11.8 Å². The SMILES string of the molecule is O=c1cc(OCCSc2ccc(O)cc2)n(-c2ccccc2)n1-c1ccccc1. The highest BCUT2D eigenvalue weighted by Crippen LogP contribution is 2.23. The summed E-state index contributed by atoms with van der Waals surface area (Å²) in [5.74, 6) is 1.46. The second-order valence-corrected chi connectivity index (χ2v) is 7.47. The first-order valence-electron chi connectivity index (χ1n) is 9.23. The Bertz CT molecular complexity index is 1120. The summed E-state index contributed by atoms with van der Waals surface area (Å²) in [4.78, 5) is 13.8. The fraction of sp³-hybridized carbons (Fsp3) is 0.0870. The predicted molar refractivity (Wildman–Crippen MR) is 116 cm³/mol. The maximum Gasteiger partial charge on any atom is 0.275 e. The number of benzene rings is 3. The van der Waals surface area contributed by atoms with Gasteiger partial charge in [0.05, 0.1) is 24.0 Å². The van der Waals surface area contributed by atoms with Crippen LogP contribution in [0.5, 0.6) is 11.6 Å². The van der Waals surface area contributed by atoms with Gasteiger partial charge in [-0.1, -0.05) is 36.4 Å². The van der Waals surface area contributed by atoms with Crippen molar-refractivity contribution in [2.75, 3.05) is 12.4 Å². The molecule has 0 amide bonds. The third-order valence-corrected chi connectivity index (χ3v) is 5.28. The zero-order valence-electron chi connectivity index (χ0n) is 15.6. The number of para-hydroxylation sites is 2. The van der Waals surface area contributed by atoms with E-state index in [-0.39, 0.29) is 11.3 Å². The molecule has 3 aromatic carbocycles. The van der Waals surface area contributed by atoms with Crippen molar-refractivity contribution in [2.24, 2.45) is 0 Å². The van der Waals surface area contributed by atoms with Gasteiger partial charge in [0, 0.05) is 10.6 Å². The van der Waals surface area contributed by atoms with E-state index < -0.39 is 0 Å². The Morgan fingerprint density at radius 1 is 0.793 bits per heavy atom. The predicted octanol–water partition coefficient (Wildman–Crippen LogP) is 4.50. The van der Waals surface area contributed by atoms with Crippen LogP contribution in [0.4, 0.5) is 0 Å². The number of hydrogen-bond acceptors (Lipinski definition) is 4. The Morgan fingerprint density at radius 2 is 1.38 bits per heavy atom. The van der Waals surface area contributed by atoms with Crippen molar-refractivity contribution in [1.82, 2.24) is 9.36 Å². The summed E-state index contributed by atoms with van der Waals surface area (Å²) in [5.41, 5.74) is 1.47. The van der Waals surface area contributed by atoms with Gasteiger partial charge >= 0.3 is 0 Å². The Kier molecular flexibility index (Phi) is 5.72. The minimum absolute atomic E-state index is 0.152. The first kappa shape index (κ1) is 19.0. The minimum atomic E-state index is -0.152. The van der Waals surface area contributed by atoms with Crippen molar-refractivity contribution in [3.63, 3.8) is 0 Å². The molecule has 0 aliphatic heterocycles. The average Bonchev–Trinajstić information content (AvgIpc) is 3.09. The number of thioether (sulfide) groups is 1. The molecule has 0 atom stereocenters. The molecule has 0 bridgehead atoms. The van der Waals surface area contributed by atoms with Gasteiger partial charge in [-0.2, -0.15) is 0 Å². The summed E-state index contributed by atoms with van der Waals surface area (Å²) < 4.78 is 9.40. The molecule has 0 aliphatic rings. The summed E-state index contributed by atoms with van der Waals surface area (Å²) in [6.45, 7) is 0.441. The highest BCUT2D eigenvalue weighted by atomic mass is 32.2. The van der Waals surface area contributed by atoms with E-state index in [1.807, 2.05) is 72.8 Å². The third kappa shape index (κ3) is 4.38. The molecule has 4 aromatic rings. The molecule has 0 unspecified atom stereocenters. The van der Waals surface area contributed by atoms with Crippen LogP contribution in [-0.2, 0) is 0 Å². The van der Waals surface area contributed by atoms with Gasteiger partial charge in [-0.05, 0) is 48.5 Å². The monoisotopic (exact) mass is 404 g/mol. The molecule has 1 heterocycles. The molecule has 1 N–H and O–H groups in total. The van der Waals surface area contributed by atoms with Crippen LogP contribution < -0.4 is 10.3 Å². The van der Waals surface area contributed by atoms with Crippen molar-refractivity contribution in [2.45, 2.75) is 4.90 Å². The van der Waals surface area contributed by atoms with E-state index in [0.29, 0.717) is 18.2 Å². The largest absolute Gasteiger partial charge is 0.508 e. The molecule has 0 saturated heterocycles. The van der Waals surface area contributed by atoms with E-state index in [9.17, 15) is 9.90 Å². The van der Waals surface area contributed by atoms with Crippen LogP contribution in [0.1, 0.15) is 0 Å². The summed E-state index contributed by atoms with van der Waals surface area (Å²) in [6, 6.07) is 27.8. The van der Waals surface area contributed by atoms with Crippen LogP contribution in [0.2, 0.25) is 0 Å². The maximum atomic E-state index is 12.8. The van der Waals surface area contributed by atoms with Gasteiger partial charge in [-0.3, -0.25) is 4.79 Å². The number of hydrogen-bond donors (Lipinski definition) is 1.